The van der Waals surface area contributed by atoms with Crippen LogP contribution in [0.5, 0.6) is 5.75 Å². The molecule has 0 radical (unpaired) electrons. The molecule has 2 N–H and O–H groups in total. The second kappa shape index (κ2) is 12.7. The summed E-state index contributed by atoms with van der Waals surface area (Å²) >= 11 is 5.83. The van der Waals surface area contributed by atoms with E-state index in [2.05, 4.69) is 4.90 Å². The third kappa shape index (κ3) is 8.15. The monoisotopic (exact) mass is 316 g/mol. The minimum atomic E-state index is 0.551. The van der Waals surface area contributed by atoms with Gasteiger partial charge in [0.1, 0.15) is 12.4 Å². The topological polar surface area (TPSA) is 47.7 Å². The lowest BCUT2D eigenvalue weighted by atomic mass is 10.3. The van der Waals surface area contributed by atoms with Gasteiger partial charge in [0.05, 0.1) is 23.9 Å². The van der Waals surface area contributed by atoms with E-state index >= 15 is 0 Å². The Kier molecular flexibility index (Phi) is 12.2. The summed E-state index contributed by atoms with van der Waals surface area (Å²) in [4.78, 5) is 2.32. The molecule has 0 aliphatic carbocycles. The van der Waals surface area contributed by atoms with Crippen LogP contribution >= 0.6 is 11.6 Å². The molecule has 0 saturated carbocycles. The lowest BCUT2D eigenvalue weighted by Gasteiger charge is -2.26. The zero-order valence-electron chi connectivity index (χ0n) is 13.7. The average molecular weight is 317 g/mol. The van der Waals surface area contributed by atoms with Gasteiger partial charge in [-0.15, -0.1) is 0 Å². The zero-order valence-corrected chi connectivity index (χ0v) is 14.4. The van der Waals surface area contributed by atoms with E-state index in [-0.39, 0.29) is 0 Å². The molecule has 2 rings (SSSR count). The van der Waals surface area contributed by atoms with E-state index in [9.17, 15) is 0 Å². The van der Waals surface area contributed by atoms with E-state index < -0.39 is 0 Å². The Balaban J connectivity index is 0.000000921. The van der Waals surface area contributed by atoms with Crippen molar-refractivity contribution in [2.75, 3.05) is 45.2 Å². The van der Waals surface area contributed by atoms with Crippen LogP contribution in [0.25, 0.3) is 0 Å². The largest absolute Gasteiger partial charge is 0.492 e. The Labute approximate surface area is 134 Å². The highest BCUT2D eigenvalue weighted by molar-refractivity contribution is 6.33. The first-order valence-electron chi connectivity index (χ1n) is 7.73. The number of anilines is 1. The molecule has 21 heavy (non-hydrogen) atoms. The molecule has 0 spiro atoms. The van der Waals surface area contributed by atoms with Gasteiger partial charge in [-0.2, -0.15) is 0 Å². The summed E-state index contributed by atoms with van der Waals surface area (Å²) in [5.74, 6) is 0.764. The molecular formula is C16H29ClN2O2. The van der Waals surface area contributed by atoms with E-state index in [0.29, 0.717) is 17.3 Å². The third-order valence-corrected chi connectivity index (χ3v) is 3.09. The summed E-state index contributed by atoms with van der Waals surface area (Å²) < 4.78 is 10.9. The minimum absolute atomic E-state index is 0.551. The summed E-state index contributed by atoms with van der Waals surface area (Å²) in [6.45, 7) is 13.1. The molecule has 1 aromatic carbocycles. The van der Waals surface area contributed by atoms with E-state index in [0.717, 1.165) is 38.6 Å². The van der Waals surface area contributed by atoms with Crippen LogP contribution < -0.4 is 10.5 Å². The van der Waals surface area contributed by atoms with Crippen LogP contribution in [0.15, 0.2) is 18.2 Å². The van der Waals surface area contributed by atoms with Gasteiger partial charge in [-0.3, -0.25) is 4.90 Å². The molecule has 0 atom stereocenters. The quantitative estimate of drug-likeness (QED) is 0.861. The highest BCUT2D eigenvalue weighted by Crippen LogP contribution is 2.23. The predicted molar refractivity (Wildman–Crippen MR) is 91.3 cm³/mol. The first kappa shape index (κ1) is 20.0. The summed E-state index contributed by atoms with van der Waals surface area (Å²) in [6, 6.07) is 5.33. The van der Waals surface area contributed by atoms with E-state index in [1.807, 2.05) is 33.8 Å². The van der Waals surface area contributed by atoms with Crippen LogP contribution in [0, 0.1) is 0 Å². The third-order valence-electron chi connectivity index (χ3n) is 2.75. The molecule has 1 fully saturated rings. The summed E-state index contributed by atoms with van der Waals surface area (Å²) in [7, 11) is 0. The standard InChI is InChI=1S/C12H17ClN2O2.2C2H6/c13-11-2-1-10(9-12(11)14)17-8-5-15-3-6-16-7-4-15;2*1-2/h1-2,9H,3-8,14H2;2*1-2H3. The van der Waals surface area contributed by atoms with Gasteiger partial charge in [0, 0.05) is 25.7 Å². The number of morpholine rings is 1. The number of nitrogen functional groups attached to an aromatic ring is 1. The molecule has 0 amide bonds. The van der Waals surface area contributed by atoms with Crippen LogP contribution in [0.4, 0.5) is 5.69 Å². The van der Waals surface area contributed by atoms with Crippen LogP contribution in [0.3, 0.4) is 0 Å². The minimum Gasteiger partial charge on any atom is -0.492 e. The van der Waals surface area contributed by atoms with Crippen LogP contribution in [0.1, 0.15) is 27.7 Å². The van der Waals surface area contributed by atoms with Gasteiger partial charge in [-0.05, 0) is 12.1 Å². The second-order valence-electron chi connectivity index (χ2n) is 3.99. The van der Waals surface area contributed by atoms with Crippen molar-refractivity contribution >= 4 is 17.3 Å². The maximum atomic E-state index is 5.83. The first-order valence-corrected chi connectivity index (χ1v) is 8.11. The molecule has 4 nitrogen and oxygen atoms in total. The lowest BCUT2D eigenvalue weighted by Crippen LogP contribution is -2.38. The van der Waals surface area contributed by atoms with Gasteiger partial charge in [0.15, 0.2) is 0 Å². The van der Waals surface area contributed by atoms with E-state index in [1.165, 1.54) is 0 Å². The Morgan fingerprint density at radius 1 is 1.19 bits per heavy atom. The molecular weight excluding hydrogens is 288 g/mol. The molecule has 1 aromatic rings. The summed E-state index contributed by atoms with van der Waals surface area (Å²) in [5.41, 5.74) is 6.25. The predicted octanol–water partition coefficient (Wildman–Crippen LogP) is 3.69. The van der Waals surface area contributed by atoms with Crippen molar-refractivity contribution in [3.05, 3.63) is 23.2 Å². The number of rotatable bonds is 4. The van der Waals surface area contributed by atoms with Crippen molar-refractivity contribution in [1.29, 1.82) is 0 Å². The number of hydrogen-bond donors (Lipinski definition) is 1. The van der Waals surface area contributed by atoms with E-state index in [4.69, 9.17) is 26.8 Å². The van der Waals surface area contributed by atoms with Gasteiger partial charge in [0.25, 0.3) is 0 Å². The average Bonchev–Trinajstić information content (AvgIpc) is 2.56. The van der Waals surface area contributed by atoms with Crippen LogP contribution in [-0.4, -0.2) is 44.4 Å². The Bertz CT molecular complexity index is 369. The van der Waals surface area contributed by atoms with E-state index in [1.54, 1.807) is 12.1 Å². The number of halogens is 1. The fraction of sp³-hybridized carbons (Fsp3) is 0.625. The summed E-state index contributed by atoms with van der Waals surface area (Å²) in [6.07, 6.45) is 0. The molecule has 1 heterocycles. The Hall–Kier alpha value is -0.970. The fourth-order valence-corrected chi connectivity index (χ4v) is 1.85. The first-order chi connectivity index (χ1) is 10.3. The van der Waals surface area contributed by atoms with Crippen molar-refractivity contribution in [2.45, 2.75) is 27.7 Å². The molecule has 0 aromatic heterocycles. The molecule has 1 saturated heterocycles. The molecule has 1 aliphatic heterocycles. The van der Waals surface area contributed by atoms with Gasteiger partial charge < -0.3 is 15.2 Å². The number of nitrogens with zero attached hydrogens (tertiary/aromatic N) is 1. The van der Waals surface area contributed by atoms with Crippen LogP contribution in [-0.2, 0) is 4.74 Å². The number of ether oxygens (including phenoxy) is 2. The second-order valence-corrected chi connectivity index (χ2v) is 4.39. The molecule has 0 bridgehead atoms. The number of nitrogens with two attached hydrogens (primary N) is 1. The highest BCUT2D eigenvalue weighted by Gasteiger charge is 2.09. The number of hydrogen-bond acceptors (Lipinski definition) is 4. The van der Waals surface area contributed by atoms with Crippen molar-refractivity contribution in [3.63, 3.8) is 0 Å². The van der Waals surface area contributed by atoms with Crippen molar-refractivity contribution in [3.8, 4) is 5.75 Å². The molecule has 0 unspecified atom stereocenters. The van der Waals surface area contributed by atoms with Crippen molar-refractivity contribution in [1.82, 2.24) is 4.90 Å². The van der Waals surface area contributed by atoms with Crippen molar-refractivity contribution < 1.29 is 9.47 Å². The maximum absolute atomic E-state index is 5.83. The maximum Gasteiger partial charge on any atom is 0.121 e. The fourth-order valence-electron chi connectivity index (χ4n) is 1.73. The van der Waals surface area contributed by atoms with Gasteiger partial charge in [-0.25, -0.2) is 0 Å². The zero-order chi connectivity index (χ0) is 16.1. The molecule has 122 valence electrons. The molecule has 5 heteroatoms. The smallest absolute Gasteiger partial charge is 0.121 e. The highest BCUT2D eigenvalue weighted by atomic mass is 35.5. The Morgan fingerprint density at radius 3 is 2.38 bits per heavy atom. The normalized spacial score (nSPS) is 14.3. The van der Waals surface area contributed by atoms with Crippen molar-refractivity contribution in [2.24, 2.45) is 0 Å². The van der Waals surface area contributed by atoms with Crippen LogP contribution in [0.2, 0.25) is 5.02 Å². The van der Waals surface area contributed by atoms with Gasteiger partial charge in [0.2, 0.25) is 0 Å². The lowest BCUT2D eigenvalue weighted by molar-refractivity contribution is 0.0322. The summed E-state index contributed by atoms with van der Waals surface area (Å²) in [5, 5.41) is 0.561. The number of benzene rings is 1. The SMILES string of the molecule is CC.CC.Nc1cc(OCCN2CCOCC2)ccc1Cl. The Morgan fingerprint density at radius 2 is 1.81 bits per heavy atom. The molecule has 1 aliphatic rings. The van der Waals surface area contributed by atoms with Gasteiger partial charge >= 0.3 is 0 Å². The van der Waals surface area contributed by atoms with Gasteiger partial charge in [-0.1, -0.05) is 39.3 Å².